The van der Waals surface area contributed by atoms with Gasteiger partial charge in [0.1, 0.15) is 45.3 Å². The van der Waals surface area contributed by atoms with Crippen LogP contribution in [0, 0.1) is 20.2 Å². The highest BCUT2D eigenvalue weighted by molar-refractivity contribution is 7.07. The van der Waals surface area contributed by atoms with Gasteiger partial charge in [0, 0.05) is 30.5 Å². The number of rotatable bonds is 24. The summed E-state index contributed by atoms with van der Waals surface area (Å²) in [5.41, 5.74) is 5.64. The summed E-state index contributed by atoms with van der Waals surface area (Å²) in [6.45, 7) is 1.23. The van der Waals surface area contributed by atoms with E-state index in [1.807, 2.05) is 21.4 Å². The number of aromatic nitrogens is 2. The highest BCUT2D eigenvalue weighted by Gasteiger charge is 2.17. The number of thiophene rings is 1. The predicted molar refractivity (Wildman–Crippen MR) is 224 cm³/mol. The Morgan fingerprint density at radius 1 is 0.726 bits per heavy atom. The van der Waals surface area contributed by atoms with Gasteiger partial charge in [0.2, 0.25) is 5.91 Å². The van der Waals surface area contributed by atoms with Crippen molar-refractivity contribution in [3.63, 3.8) is 0 Å². The molecule has 0 saturated carbocycles. The maximum absolute atomic E-state index is 13.6. The molecule has 18 nitrogen and oxygen atoms in total. The highest BCUT2D eigenvalue weighted by atomic mass is 32.1. The average molecular weight is 869 g/mol. The number of unbranched alkanes of at least 4 members (excludes halogenated alkanes) is 1. The minimum absolute atomic E-state index is 0.0483. The third-order valence-corrected chi connectivity index (χ3v) is 9.91. The lowest BCUT2D eigenvalue weighted by molar-refractivity contribution is -0.763. The summed E-state index contributed by atoms with van der Waals surface area (Å²) in [5.74, 6) is -1.41. The summed E-state index contributed by atoms with van der Waals surface area (Å²) >= 11 is 1.50. The number of ether oxygens (including phenoxy) is 2. The first-order valence-electron chi connectivity index (χ1n) is 19.4. The average Bonchev–Trinajstić information content (AvgIpc) is 3.93. The van der Waals surface area contributed by atoms with Gasteiger partial charge in [-0.1, -0.05) is 74.0 Å². The highest BCUT2D eigenvalue weighted by Crippen LogP contribution is 2.20. The molecule has 2 heterocycles. The summed E-state index contributed by atoms with van der Waals surface area (Å²) in [5, 5.41) is 28.2. The van der Waals surface area contributed by atoms with Gasteiger partial charge in [-0.05, 0) is 74.8 Å². The third-order valence-electron chi connectivity index (χ3n) is 9.17. The molecule has 2 N–H and O–H groups in total. The lowest BCUT2D eigenvalue weighted by atomic mass is 10.1. The van der Waals surface area contributed by atoms with E-state index in [-0.39, 0.29) is 39.5 Å². The zero-order valence-electron chi connectivity index (χ0n) is 33.7. The molecule has 5 aromatic rings. The normalized spacial score (nSPS) is 11.0. The lowest BCUT2D eigenvalue weighted by Crippen LogP contribution is -2.32. The summed E-state index contributed by atoms with van der Waals surface area (Å²) in [6.07, 6.45) is 6.28. The second kappa shape index (κ2) is 23.4. The van der Waals surface area contributed by atoms with Crippen LogP contribution in [-0.4, -0.2) is 56.6 Å². The van der Waals surface area contributed by atoms with Gasteiger partial charge in [0.25, 0.3) is 16.1 Å². The Labute approximate surface area is 359 Å². The minimum Gasteiger partial charge on any atom is -0.460 e. The van der Waals surface area contributed by atoms with Crippen LogP contribution >= 0.6 is 11.3 Å². The monoisotopic (exact) mass is 868 g/mol. The van der Waals surface area contributed by atoms with Gasteiger partial charge in [-0.2, -0.15) is 11.3 Å². The van der Waals surface area contributed by atoms with Crippen LogP contribution in [-0.2, 0) is 79.3 Å². The second-order valence-electron chi connectivity index (χ2n) is 13.8. The van der Waals surface area contributed by atoms with E-state index in [4.69, 9.17) is 14.5 Å². The van der Waals surface area contributed by atoms with E-state index >= 15 is 0 Å². The topological polar surface area (TPSA) is 233 Å². The molecule has 2 aromatic heterocycles. The van der Waals surface area contributed by atoms with Crippen LogP contribution in [0.15, 0.2) is 101 Å². The van der Waals surface area contributed by atoms with Crippen molar-refractivity contribution < 1.29 is 48.5 Å². The SMILES string of the molecule is CCCCc1ncc(/C=C(\Cc2ccsc2)C(=O)NCC(=O)OCc2ccc(CO[N+](=O)[O-])cc2)n1Cc1ccc(C(=O)NCC(=O)OCc2ccc(CO[N+](=O)[O-])cc2)cc1. The Morgan fingerprint density at radius 3 is 1.77 bits per heavy atom. The molecular formula is C43H44N6O12S. The Hall–Kier alpha value is -7.41. The quantitative estimate of drug-likeness (QED) is 0.0328. The molecule has 2 amide bonds. The molecule has 0 aliphatic rings. The number of hydrogen-bond donors (Lipinski definition) is 2. The zero-order chi connectivity index (χ0) is 44.3. The van der Waals surface area contributed by atoms with Crippen molar-refractivity contribution in [3.8, 4) is 0 Å². The van der Waals surface area contributed by atoms with Crippen LogP contribution in [0.1, 0.15) is 75.0 Å². The molecule has 0 aliphatic carbocycles. The number of benzene rings is 3. The zero-order valence-corrected chi connectivity index (χ0v) is 34.5. The molecule has 62 heavy (non-hydrogen) atoms. The number of carbonyl (C=O) groups excluding carboxylic acids is 4. The molecule has 0 spiro atoms. The lowest BCUT2D eigenvalue weighted by Gasteiger charge is -2.13. The smallest absolute Gasteiger partial charge is 0.325 e. The molecule has 0 saturated heterocycles. The Bertz CT molecular complexity index is 2330. The number of amides is 2. The summed E-state index contributed by atoms with van der Waals surface area (Å²) < 4.78 is 12.6. The van der Waals surface area contributed by atoms with Crippen LogP contribution < -0.4 is 10.6 Å². The Morgan fingerprint density at radius 2 is 1.26 bits per heavy atom. The van der Waals surface area contributed by atoms with Crippen LogP contribution in [0.4, 0.5) is 0 Å². The van der Waals surface area contributed by atoms with Crippen molar-refractivity contribution >= 4 is 41.2 Å². The first kappa shape index (κ1) is 45.7. The van der Waals surface area contributed by atoms with Crippen LogP contribution in [0.25, 0.3) is 6.08 Å². The third kappa shape index (κ3) is 15.0. The van der Waals surface area contributed by atoms with Crippen molar-refractivity contribution in [1.82, 2.24) is 20.2 Å². The van der Waals surface area contributed by atoms with E-state index in [1.54, 1.807) is 85.1 Å². The number of carbonyl (C=O) groups is 4. The predicted octanol–water partition coefficient (Wildman–Crippen LogP) is 5.71. The van der Waals surface area contributed by atoms with Gasteiger partial charge in [-0.3, -0.25) is 19.2 Å². The fraction of sp³-hybridized carbons (Fsp3) is 0.279. The first-order valence-corrected chi connectivity index (χ1v) is 20.3. The fourth-order valence-corrected chi connectivity index (χ4v) is 6.53. The van der Waals surface area contributed by atoms with Crippen molar-refractivity contribution in [2.45, 2.75) is 65.6 Å². The number of imidazole rings is 1. The number of aryl methyl sites for hydroxylation is 1. The van der Waals surface area contributed by atoms with Gasteiger partial charge in [-0.15, -0.1) is 20.2 Å². The largest absolute Gasteiger partial charge is 0.460 e. The molecule has 3 aromatic carbocycles. The molecule has 0 radical (unpaired) electrons. The van der Waals surface area contributed by atoms with E-state index in [9.17, 15) is 39.4 Å². The van der Waals surface area contributed by atoms with E-state index < -0.39 is 33.9 Å². The molecule has 324 valence electrons. The molecule has 0 fully saturated rings. The minimum atomic E-state index is -0.878. The summed E-state index contributed by atoms with van der Waals surface area (Å²) in [6, 6.07) is 21.9. The molecule has 0 bridgehead atoms. The van der Waals surface area contributed by atoms with Crippen LogP contribution in [0.2, 0.25) is 0 Å². The number of nitrogens with zero attached hydrogens (tertiary/aromatic N) is 4. The Balaban J connectivity index is 1.19. The van der Waals surface area contributed by atoms with Gasteiger partial charge in [0.15, 0.2) is 0 Å². The number of nitrogens with one attached hydrogen (secondary N) is 2. The maximum Gasteiger partial charge on any atom is 0.325 e. The van der Waals surface area contributed by atoms with Crippen molar-refractivity contribution in [2.24, 2.45) is 0 Å². The summed E-state index contributed by atoms with van der Waals surface area (Å²) in [4.78, 5) is 85.7. The Kier molecular flexibility index (Phi) is 17.2. The fourth-order valence-electron chi connectivity index (χ4n) is 5.86. The van der Waals surface area contributed by atoms with Gasteiger partial charge in [-0.25, -0.2) is 4.98 Å². The second-order valence-corrected chi connectivity index (χ2v) is 14.6. The molecule has 5 rings (SSSR count). The molecular weight excluding hydrogens is 825 g/mol. The first-order chi connectivity index (χ1) is 29.9. The van der Waals surface area contributed by atoms with E-state index in [2.05, 4.69) is 27.2 Å². The summed E-state index contributed by atoms with van der Waals surface area (Å²) in [7, 11) is 0. The van der Waals surface area contributed by atoms with Crippen molar-refractivity contribution in [1.29, 1.82) is 0 Å². The van der Waals surface area contributed by atoms with E-state index in [0.717, 1.165) is 29.8 Å². The van der Waals surface area contributed by atoms with Crippen LogP contribution in [0.3, 0.4) is 0 Å². The van der Waals surface area contributed by atoms with Gasteiger partial charge in [0.05, 0.1) is 11.9 Å². The van der Waals surface area contributed by atoms with Crippen molar-refractivity contribution in [3.05, 3.63) is 172 Å². The maximum atomic E-state index is 13.6. The van der Waals surface area contributed by atoms with Crippen LogP contribution in [0.5, 0.6) is 0 Å². The molecule has 19 heteroatoms. The standard InChI is InChI=1S/C43H44N6O12S/c1-2-3-4-39-44-21-38(20-37(19-35-17-18-62-29-35)43(53)46-23-41(51)59-26-32-7-11-34(12-8-32)28-61-49(56)57)47(39)24-30-13-15-36(16-14-30)42(52)45-22-40(50)58-25-31-5-9-33(10-6-31)27-60-48(54)55/h5-18,20-21,29H,2-4,19,22-28H2,1H3,(H,45,52)(H,46,53)/b37-20+. The number of esters is 2. The van der Waals surface area contributed by atoms with E-state index in [0.29, 0.717) is 58.5 Å². The molecule has 0 atom stereocenters. The van der Waals surface area contributed by atoms with Gasteiger partial charge < -0.3 is 34.3 Å². The molecule has 0 aliphatic heterocycles. The van der Waals surface area contributed by atoms with Gasteiger partial charge >= 0.3 is 11.9 Å². The van der Waals surface area contributed by atoms with Crippen molar-refractivity contribution in [2.75, 3.05) is 13.1 Å². The number of hydrogen-bond acceptors (Lipinski definition) is 14. The van der Waals surface area contributed by atoms with E-state index in [1.165, 1.54) is 11.3 Å². The molecule has 0 unspecified atom stereocenters.